The minimum atomic E-state index is -0.0702. The summed E-state index contributed by atoms with van der Waals surface area (Å²) < 4.78 is 7.10. The first kappa shape index (κ1) is 13.7. The number of hydrogen-bond donors (Lipinski definition) is 0. The minimum Gasteiger partial charge on any atom is -0.459 e. The highest BCUT2D eigenvalue weighted by molar-refractivity contribution is 5.91. The molecule has 0 radical (unpaired) electrons. The minimum absolute atomic E-state index is 0.0702. The van der Waals surface area contributed by atoms with Crippen molar-refractivity contribution in [1.82, 2.24) is 24.5 Å². The van der Waals surface area contributed by atoms with Gasteiger partial charge in [-0.1, -0.05) is 0 Å². The first-order valence-electron chi connectivity index (χ1n) is 7.48. The number of carbonyl (C=O) groups excluding carboxylic acids is 1. The quantitative estimate of drug-likeness (QED) is 0.702. The largest absolute Gasteiger partial charge is 0.459 e. The highest BCUT2D eigenvalue weighted by Gasteiger charge is 2.25. The maximum Gasteiger partial charge on any atom is 0.289 e. The van der Waals surface area contributed by atoms with Gasteiger partial charge in [-0.3, -0.25) is 9.20 Å². The van der Waals surface area contributed by atoms with Crippen molar-refractivity contribution in [2.45, 2.75) is 6.92 Å². The van der Waals surface area contributed by atoms with Gasteiger partial charge in [-0.15, -0.1) is 10.2 Å². The molecule has 0 spiro atoms. The summed E-state index contributed by atoms with van der Waals surface area (Å²) in [6.07, 6.45) is 5.12. The number of fused-ring (bicyclic) bond motifs is 1. The summed E-state index contributed by atoms with van der Waals surface area (Å²) in [4.78, 5) is 20.7. The average Bonchev–Trinajstić information content (AvgIpc) is 3.25. The molecule has 23 heavy (non-hydrogen) atoms. The average molecular weight is 312 g/mol. The molecule has 0 aliphatic carbocycles. The molecule has 1 fully saturated rings. The standard InChI is InChI=1S/C15H16N6O2/c1-11-17-18-14-13(16-4-5-21(11)14)19-6-8-20(9-7-19)15(22)12-3-2-10-23-12/h2-5,10H,6-9H2,1H3. The van der Waals surface area contributed by atoms with Crippen LogP contribution in [0.4, 0.5) is 5.82 Å². The van der Waals surface area contributed by atoms with Gasteiger partial charge in [-0.25, -0.2) is 4.98 Å². The van der Waals surface area contributed by atoms with E-state index in [1.54, 1.807) is 23.2 Å². The number of nitrogens with zero attached hydrogens (tertiary/aromatic N) is 6. The van der Waals surface area contributed by atoms with Crippen molar-refractivity contribution < 1.29 is 9.21 Å². The van der Waals surface area contributed by atoms with Gasteiger partial charge in [0, 0.05) is 38.6 Å². The third kappa shape index (κ3) is 2.32. The molecule has 0 unspecified atom stereocenters. The number of furan rings is 1. The molecule has 4 heterocycles. The smallest absolute Gasteiger partial charge is 0.289 e. The highest BCUT2D eigenvalue weighted by Crippen LogP contribution is 2.19. The molecule has 8 nitrogen and oxygen atoms in total. The molecule has 3 aromatic rings. The van der Waals surface area contributed by atoms with Crippen LogP contribution < -0.4 is 4.90 Å². The van der Waals surface area contributed by atoms with Gasteiger partial charge in [0.15, 0.2) is 11.6 Å². The van der Waals surface area contributed by atoms with E-state index in [9.17, 15) is 4.79 Å². The van der Waals surface area contributed by atoms with Crippen LogP contribution in [0.2, 0.25) is 0 Å². The van der Waals surface area contributed by atoms with Crippen molar-refractivity contribution in [3.05, 3.63) is 42.4 Å². The number of aryl methyl sites for hydroxylation is 1. The fraction of sp³-hybridized carbons (Fsp3) is 0.333. The summed E-state index contributed by atoms with van der Waals surface area (Å²) in [5.74, 6) is 1.94. The summed E-state index contributed by atoms with van der Waals surface area (Å²) in [6.45, 7) is 4.55. The Morgan fingerprint density at radius 2 is 2.04 bits per heavy atom. The Kier molecular flexibility index (Phi) is 3.22. The van der Waals surface area contributed by atoms with Crippen molar-refractivity contribution in [1.29, 1.82) is 0 Å². The van der Waals surface area contributed by atoms with Gasteiger partial charge >= 0.3 is 0 Å². The number of anilines is 1. The normalized spacial score (nSPS) is 15.3. The van der Waals surface area contributed by atoms with Crippen LogP contribution in [-0.4, -0.2) is 56.6 Å². The van der Waals surface area contributed by atoms with Crippen LogP contribution in [0.25, 0.3) is 5.65 Å². The van der Waals surface area contributed by atoms with Crippen molar-refractivity contribution in [2.75, 3.05) is 31.1 Å². The van der Waals surface area contributed by atoms with Gasteiger partial charge in [-0.05, 0) is 19.1 Å². The van der Waals surface area contributed by atoms with Crippen molar-refractivity contribution in [3.63, 3.8) is 0 Å². The lowest BCUT2D eigenvalue weighted by Crippen LogP contribution is -2.49. The number of hydrogen-bond acceptors (Lipinski definition) is 6. The van der Waals surface area contributed by atoms with Crippen molar-refractivity contribution in [3.8, 4) is 0 Å². The molecular weight excluding hydrogens is 296 g/mol. The van der Waals surface area contributed by atoms with Crippen molar-refractivity contribution in [2.24, 2.45) is 0 Å². The second kappa shape index (κ2) is 5.38. The number of rotatable bonds is 2. The molecule has 0 atom stereocenters. The Hall–Kier alpha value is -2.90. The first-order valence-corrected chi connectivity index (χ1v) is 7.48. The predicted octanol–water partition coefficient (Wildman–Crippen LogP) is 0.988. The maximum atomic E-state index is 12.3. The van der Waals surface area contributed by atoms with E-state index in [1.807, 2.05) is 17.5 Å². The molecule has 4 rings (SSSR count). The number of piperazine rings is 1. The SMILES string of the molecule is Cc1nnc2c(N3CCN(C(=O)c4ccco4)CC3)nccn12. The third-order valence-electron chi connectivity index (χ3n) is 4.08. The summed E-state index contributed by atoms with van der Waals surface area (Å²) in [5, 5.41) is 8.30. The molecule has 8 heteroatoms. The van der Waals surface area contributed by atoms with Crippen LogP contribution in [0.3, 0.4) is 0 Å². The van der Waals surface area contributed by atoms with E-state index in [4.69, 9.17) is 4.42 Å². The number of aromatic nitrogens is 4. The number of carbonyl (C=O) groups is 1. The summed E-state index contributed by atoms with van der Waals surface area (Å²) >= 11 is 0. The Morgan fingerprint density at radius 3 is 2.78 bits per heavy atom. The molecule has 1 amide bonds. The van der Waals surface area contributed by atoms with Gasteiger partial charge in [-0.2, -0.15) is 0 Å². The van der Waals surface area contributed by atoms with Crippen LogP contribution >= 0.6 is 0 Å². The fourth-order valence-electron chi connectivity index (χ4n) is 2.83. The Bertz CT molecular complexity index is 833. The molecule has 1 saturated heterocycles. The van der Waals surface area contributed by atoms with E-state index in [-0.39, 0.29) is 5.91 Å². The van der Waals surface area contributed by atoms with Crippen LogP contribution in [0.15, 0.2) is 35.2 Å². The van der Waals surface area contributed by atoms with Crippen LogP contribution in [-0.2, 0) is 0 Å². The molecule has 0 bridgehead atoms. The monoisotopic (exact) mass is 312 g/mol. The van der Waals surface area contributed by atoms with Gasteiger partial charge in [0.2, 0.25) is 5.65 Å². The lowest BCUT2D eigenvalue weighted by atomic mass is 10.3. The zero-order valence-corrected chi connectivity index (χ0v) is 12.7. The summed E-state index contributed by atoms with van der Waals surface area (Å²) in [5.41, 5.74) is 0.746. The van der Waals surface area contributed by atoms with Crippen LogP contribution in [0.1, 0.15) is 16.4 Å². The molecule has 3 aromatic heterocycles. The molecule has 0 N–H and O–H groups in total. The van der Waals surface area contributed by atoms with E-state index in [0.717, 1.165) is 17.3 Å². The second-order valence-electron chi connectivity index (χ2n) is 5.45. The Labute approximate surface area is 132 Å². The van der Waals surface area contributed by atoms with E-state index in [1.165, 1.54) is 6.26 Å². The van der Waals surface area contributed by atoms with E-state index in [2.05, 4.69) is 20.1 Å². The fourth-order valence-corrected chi connectivity index (χ4v) is 2.83. The molecule has 0 saturated carbocycles. The molecular formula is C15H16N6O2. The van der Waals surface area contributed by atoms with Crippen molar-refractivity contribution >= 4 is 17.4 Å². The van der Waals surface area contributed by atoms with E-state index < -0.39 is 0 Å². The lowest BCUT2D eigenvalue weighted by molar-refractivity contribution is 0.0714. The molecule has 1 aliphatic heterocycles. The Morgan fingerprint density at radius 1 is 1.22 bits per heavy atom. The topological polar surface area (TPSA) is 79.8 Å². The van der Waals surface area contributed by atoms with Gasteiger partial charge < -0.3 is 14.2 Å². The Balaban J connectivity index is 1.52. The van der Waals surface area contributed by atoms with Gasteiger partial charge in [0.05, 0.1) is 6.26 Å². The molecule has 0 aromatic carbocycles. The zero-order valence-electron chi connectivity index (χ0n) is 12.7. The lowest BCUT2D eigenvalue weighted by Gasteiger charge is -2.34. The van der Waals surface area contributed by atoms with Crippen LogP contribution in [0, 0.1) is 6.92 Å². The zero-order chi connectivity index (χ0) is 15.8. The maximum absolute atomic E-state index is 12.3. The highest BCUT2D eigenvalue weighted by atomic mass is 16.3. The summed E-state index contributed by atoms with van der Waals surface area (Å²) in [7, 11) is 0. The first-order chi connectivity index (χ1) is 11.2. The molecule has 118 valence electrons. The van der Waals surface area contributed by atoms with E-state index in [0.29, 0.717) is 31.9 Å². The second-order valence-corrected chi connectivity index (χ2v) is 5.45. The van der Waals surface area contributed by atoms with Gasteiger partial charge in [0.1, 0.15) is 5.82 Å². The van der Waals surface area contributed by atoms with E-state index >= 15 is 0 Å². The number of amides is 1. The van der Waals surface area contributed by atoms with Crippen LogP contribution in [0.5, 0.6) is 0 Å². The summed E-state index contributed by atoms with van der Waals surface area (Å²) in [6, 6.07) is 3.41. The molecule has 1 aliphatic rings. The van der Waals surface area contributed by atoms with Gasteiger partial charge in [0.25, 0.3) is 5.91 Å². The third-order valence-corrected chi connectivity index (χ3v) is 4.08. The predicted molar refractivity (Wildman–Crippen MR) is 82.3 cm³/mol.